The zero-order chi connectivity index (χ0) is 15.9. The average molecular weight is 302 g/mol. The van der Waals surface area contributed by atoms with Crippen LogP contribution in [0.5, 0.6) is 0 Å². The maximum Gasteiger partial charge on any atom is 0.310 e. The van der Waals surface area contributed by atoms with Gasteiger partial charge in [-0.2, -0.15) is 0 Å². The van der Waals surface area contributed by atoms with Crippen LogP contribution in [0.1, 0.15) is 10.4 Å². The lowest BCUT2D eigenvalue weighted by Gasteiger charge is -2.21. The topological polar surface area (TPSA) is 119 Å². The number of carbonyl (C=O) groups excluding carboxylic acids is 2. The number of rotatable bonds is 4. The molecule has 0 unspecified atom stereocenters. The first-order valence-electron chi connectivity index (χ1n) is 6.74. The number of nitrogens with two attached hydrogens (primary N) is 1. The molecule has 2 heterocycles. The molecular weight excluding hydrogens is 288 g/mol. The van der Waals surface area contributed by atoms with Gasteiger partial charge in [0.15, 0.2) is 0 Å². The quantitative estimate of drug-likeness (QED) is 0.695. The summed E-state index contributed by atoms with van der Waals surface area (Å²) < 4.78 is 5.45. The van der Waals surface area contributed by atoms with E-state index in [9.17, 15) is 19.5 Å². The molecule has 2 bridgehead atoms. The maximum absolute atomic E-state index is 12.4. The fraction of sp³-hybridized carbons (Fsp3) is 0.267. The molecule has 4 N–H and O–H groups in total. The Morgan fingerprint density at radius 1 is 1.05 bits per heavy atom. The summed E-state index contributed by atoms with van der Waals surface area (Å²) in [6.07, 6.45) is 2.31. The van der Waals surface area contributed by atoms with Crippen molar-refractivity contribution in [2.75, 3.05) is 5.32 Å². The smallest absolute Gasteiger partial charge is 0.310 e. The molecule has 2 aliphatic rings. The number of aliphatic carboxylic acids is 1. The van der Waals surface area contributed by atoms with Gasteiger partial charge in [-0.1, -0.05) is 12.2 Å². The highest BCUT2D eigenvalue weighted by molar-refractivity contribution is 5.97. The Balaban J connectivity index is 1.75. The third-order valence-corrected chi connectivity index (χ3v) is 3.92. The van der Waals surface area contributed by atoms with E-state index in [-0.39, 0.29) is 0 Å². The van der Waals surface area contributed by atoms with Gasteiger partial charge in [-0.3, -0.25) is 14.4 Å². The Labute approximate surface area is 125 Å². The Morgan fingerprint density at radius 3 is 2.18 bits per heavy atom. The molecule has 7 heteroatoms. The van der Waals surface area contributed by atoms with Crippen LogP contribution in [-0.4, -0.2) is 35.1 Å². The van der Waals surface area contributed by atoms with E-state index in [1.807, 2.05) is 0 Å². The maximum atomic E-state index is 12.4. The first-order valence-corrected chi connectivity index (χ1v) is 6.74. The van der Waals surface area contributed by atoms with E-state index >= 15 is 0 Å². The van der Waals surface area contributed by atoms with Gasteiger partial charge in [-0.15, -0.1) is 0 Å². The van der Waals surface area contributed by atoms with Gasteiger partial charge in [-0.25, -0.2) is 0 Å². The van der Waals surface area contributed by atoms with Crippen LogP contribution in [0.15, 0.2) is 36.4 Å². The van der Waals surface area contributed by atoms with Crippen LogP contribution >= 0.6 is 0 Å². The highest BCUT2D eigenvalue weighted by Gasteiger charge is 2.53. The first-order chi connectivity index (χ1) is 10.5. The molecule has 4 atom stereocenters. The van der Waals surface area contributed by atoms with Gasteiger partial charge in [0.05, 0.1) is 18.1 Å². The second-order valence-electron chi connectivity index (χ2n) is 5.27. The van der Waals surface area contributed by atoms with Crippen molar-refractivity contribution in [3.8, 4) is 0 Å². The molecular formula is C15H14N2O5. The predicted molar refractivity (Wildman–Crippen MR) is 76.0 cm³/mol. The minimum Gasteiger partial charge on any atom is -0.481 e. The number of hydrogen-bond acceptors (Lipinski definition) is 4. The second-order valence-corrected chi connectivity index (χ2v) is 5.27. The van der Waals surface area contributed by atoms with E-state index < -0.39 is 41.8 Å². The molecule has 0 aromatic heterocycles. The number of anilines is 1. The van der Waals surface area contributed by atoms with E-state index in [2.05, 4.69) is 5.32 Å². The van der Waals surface area contributed by atoms with Gasteiger partial charge in [0.1, 0.15) is 5.92 Å². The fourth-order valence-corrected chi connectivity index (χ4v) is 2.86. The van der Waals surface area contributed by atoms with E-state index in [1.165, 1.54) is 24.3 Å². The Bertz CT molecular complexity index is 667. The number of primary amides is 1. The zero-order valence-corrected chi connectivity index (χ0v) is 11.4. The minimum atomic E-state index is -1.05. The summed E-state index contributed by atoms with van der Waals surface area (Å²) in [4.78, 5) is 34.7. The molecule has 1 fully saturated rings. The number of benzene rings is 1. The van der Waals surface area contributed by atoms with Crippen LogP contribution in [0.2, 0.25) is 0 Å². The van der Waals surface area contributed by atoms with Gasteiger partial charge in [0.25, 0.3) is 0 Å². The zero-order valence-electron chi connectivity index (χ0n) is 11.4. The molecule has 0 saturated carbocycles. The van der Waals surface area contributed by atoms with Crippen LogP contribution in [0.3, 0.4) is 0 Å². The second kappa shape index (κ2) is 5.27. The van der Waals surface area contributed by atoms with Crippen molar-refractivity contribution in [3.05, 3.63) is 42.0 Å². The van der Waals surface area contributed by atoms with Gasteiger partial charge in [0.2, 0.25) is 11.8 Å². The Morgan fingerprint density at radius 2 is 1.64 bits per heavy atom. The van der Waals surface area contributed by atoms with Crippen molar-refractivity contribution in [3.63, 3.8) is 0 Å². The number of fused-ring (bicyclic) bond motifs is 2. The van der Waals surface area contributed by atoms with Gasteiger partial charge in [-0.05, 0) is 24.3 Å². The number of nitrogens with one attached hydrogen (secondary N) is 1. The van der Waals surface area contributed by atoms with E-state index in [1.54, 1.807) is 12.2 Å². The molecule has 1 saturated heterocycles. The number of carboxylic acid groups (broad SMARTS) is 1. The summed E-state index contributed by atoms with van der Waals surface area (Å²) in [6, 6.07) is 6.06. The summed E-state index contributed by atoms with van der Waals surface area (Å²) in [5.41, 5.74) is 5.93. The molecule has 1 aromatic rings. The number of carboxylic acids is 1. The van der Waals surface area contributed by atoms with Gasteiger partial charge in [0, 0.05) is 11.3 Å². The lowest BCUT2D eigenvalue weighted by molar-refractivity contribution is -0.145. The van der Waals surface area contributed by atoms with E-state index in [0.717, 1.165) is 0 Å². The molecule has 1 aromatic carbocycles. The monoisotopic (exact) mass is 302 g/mol. The first kappa shape index (κ1) is 14.3. The molecule has 7 nitrogen and oxygen atoms in total. The van der Waals surface area contributed by atoms with Crippen LogP contribution in [0.25, 0.3) is 0 Å². The van der Waals surface area contributed by atoms with Crippen molar-refractivity contribution >= 4 is 23.5 Å². The van der Waals surface area contributed by atoms with Crippen LogP contribution in [-0.2, 0) is 14.3 Å². The third-order valence-electron chi connectivity index (χ3n) is 3.92. The molecule has 2 amide bonds. The Hall–Kier alpha value is -2.67. The summed E-state index contributed by atoms with van der Waals surface area (Å²) in [7, 11) is 0. The molecule has 0 radical (unpaired) electrons. The number of hydrogen-bond donors (Lipinski definition) is 3. The van der Waals surface area contributed by atoms with Crippen molar-refractivity contribution in [1.82, 2.24) is 0 Å². The summed E-state index contributed by atoms with van der Waals surface area (Å²) in [6.45, 7) is 0. The average Bonchev–Trinajstić information content (AvgIpc) is 3.08. The summed E-state index contributed by atoms with van der Waals surface area (Å²) in [5, 5.41) is 11.9. The van der Waals surface area contributed by atoms with Crippen LogP contribution in [0, 0.1) is 11.8 Å². The largest absolute Gasteiger partial charge is 0.481 e. The number of ether oxygens (including phenoxy) is 1. The minimum absolute atomic E-state index is 0.326. The normalized spacial score (nSPS) is 28.5. The van der Waals surface area contributed by atoms with Crippen molar-refractivity contribution < 1.29 is 24.2 Å². The molecule has 2 aliphatic heterocycles. The van der Waals surface area contributed by atoms with E-state index in [0.29, 0.717) is 11.3 Å². The van der Waals surface area contributed by atoms with Crippen LogP contribution < -0.4 is 11.1 Å². The van der Waals surface area contributed by atoms with Crippen molar-refractivity contribution in [1.29, 1.82) is 0 Å². The molecule has 0 spiro atoms. The lowest BCUT2D eigenvalue weighted by atomic mass is 9.82. The Kier molecular flexibility index (Phi) is 3.42. The number of amides is 2. The van der Waals surface area contributed by atoms with E-state index in [4.69, 9.17) is 10.5 Å². The summed E-state index contributed by atoms with van der Waals surface area (Å²) >= 11 is 0. The SMILES string of the molecule is NC(=O)c1ccc(NC(=O)[C@H]2[C@@H](C(=O)O)[C@@H]3C=C[C@H]2O3)cc1. The predicted octanol–water partition coefficient (Wildman–Crippen LogP) is 0.378. The molecule has 114 valence electrons. The highest BCUT2D eigenvalue weighted by Crippen LogP contribution is 2.39. The van der Waals surface area contributed by atoms with Crippen molar-refractivity contribution in [2.45, 2.75) is 12.2 Å². The number of carbonyl (C=O) groups is 3. The van der Waals surface area contributed by atoms with Crippen molar-refractivity contribution in [2.24, 2.45) is 17.6 Å². The fourth-order valence-electron chi connectivity index (χ4n) is 2.86. The van der Waals surface area contributed by atoms with Crippen LogP contribution in [0.4, 0.5) is 5.69 Å². The van der Waals surface area contributed by atoms with Gasteiger partial charge < -0.3 is 20.9 Å². The lowest BCUT2D eigenvalue weighted by Crippen LogP contribution is -2.39. The summed E-state index contributed by atoms with van der Waals surface area (Å²) in [5.74, 6) is -3.70. The van der Waals surface area contributed by atoms with Gasteiger partial charge >= 0.3 is 5.97 Å². The highest BCUT2D eigenvalue weighted by atomic mass is 16.5. The molecule has 0 aliphatic carbocycles. The molecule has 3 rings (SSSR count). The molecule has 22 heavy (non-hydrogen) atoms. The third kappa shape index (κ3) is 2.35. The standard InChI is InChI=1S/C15H14N2O5/c16-13(18)7-1-3-8(4-2-7)17-14(19)11-9-5-6-10(22-9)12(11)15(20)21/h1-6,9-12H,(H2,16,18)(H,17,19)(H,20,21)/t9-,10+,11-,12+/m1/s1.